The van der Waals surface area contributed by atoms with Crippen LogP contribution in [0.1, 0.15) is 47.0 Å². The second kappa shape index (κ2) is 6.72. The number of carbonyl (C=O) groups is 2. The number of carbonyl (C=O) groups excluding carboxylic acids is 2. The quantitative estimate of drug-likeness (QED) is 0.221. The van der Waals surface area contributed by atoms with Crippen molar-refractivity contribution in [1.29, 1.82) is 0 Å². The van der Waals surface area contributed by atoms with Gasteiger partial charge in [-0.1, -0.05) is 20.8 Å². The number of non-ortho nitro benzene ring substituents is 1. The summed E-state index contributed by atoms with van der Waals surface area (Å²) in [6.45, 7) is 8.24. The summed E-state index contributed by atoms with van der Waals surface area (Å²) in [7, 11) is 0. The van der Waals surface area contributed by atoms with Crippen LogP contribution in [0.15, 0.2) is 24.3 Å². The van der Waals surface area contributed by atoms with Crippen LogP contribution in [0.2, 0.25) is 0 Å². The molecule has 0 spiro atoms. The molecule has 1 unspecified atom stereocenters. The van der Waals surface area contributed by atoms with E-state index >= 15 is 0 Å². The van der Waals surface area contributed by atoms with Gasteiger partial charge in [0.25, 0.3) is 5.69 Å². The molecule has 7 nitrogen and oxygen atoms in total. The molecule has 0 radical (unpaired) electrons. The molecule has 0 aliphatic heterocycles. The Bertz CT molecular complexity index is 822. The second-order valence-corrected chi connectivity index (χ2v) is 8.99. The first-order valence-electron chi connectivity index (χ1n) is 9.26. The molecule has 2 bridgehead atoms. The van der Waals surface area contributed by atoms with Crippen LogP contribution in [0.3, 0.4) is 0 Å². The third kappa shape index (κ3) is 2.96. The van der Waals surface area contributed by atoms with Crippen LogP contribution in [0.4, 0.5) is 10.5 Å². The van der Waals surface area contributed by atoms with Gasteiger partial charge in [-0.05, 0) is 43.2 Å². The lowest BCUT2D eigenvalue weighted by atomic mass is 9.63. The van der Waals surface area contributed by atoms with E-state index in [-0.39, 0.29) is 40.5 Å². The van der Waals surface area contributed by atoms with Crippen LogP contribution in [0, 0.1) is 32.8 Å². The predicted octanol–water partition coefficient (Wildman–Crippen LogP) is 5.10. The largest absolute Gasteiger partial charge is 0.446 e. The third-order valence-electron chi connectivity index (χ3n) is 7.55. The topological polar surface area (TPSA) is 95.7 Å². The van der Waals surface area contributed by atoms with Gasteiger partial charge < -0.3 is 9.47 Å². The minimum atomic E-state index is -0.882. The Morgan fingerprint density at radius 2 is 1.82 bits per heavy atom. The van der Waals surface area contributed by atoms with Crippen molar-refractivity contribution in [3.05, 3.63) is 34.4 Å². The summed E-state index contributed by atoms with van der Waals surface area (Å²) >= 11 is 5.58. The number of rotatable bonds is 5. The highest BCUT2D eigenvalue weighted by Gasteiger charge is 2.73. The predicted molar refractivity (Wildman–Crippen MR) is 102 cm³/mol. The van der Waals surface area contributed by atoms with Crippen molar-refractivity contribution in [2.45, 2.75) is 52.6 Å². The van der Waals surface area contributed by atoms with Gasteiger partial charge in [-0.25, -0.2) is 4.79 Å². The zero-order valence-corrected chi connectivity index (χ0v) is 17.1. The standard InChI is InChI=1S/C20H24ClNO6/c1-18(2)14-9-10-19(18,3)20(4,28-17(21)24)15(14)11-16(23)27-13-7-5-12(6-8-13)22(25)26/h5-8,14-15H,9-11H2,1-4H3/t14?,15-,19+,20+/m0/s1. The number of halogens is 1. The fourth-order valence-electron chi connectivity index (χ4n) is 5.60. The summed E-state index contributed by atoms with van der Waals surface area (Å²) in [6, 6.07) is 5.34. The number of hydrogen-bond donors (Lipinski definition) is 0. The number of nitro groups is 1. The Morgan fingerprint density at radius 1 is 1.21 bits per heavy atom. The highest BCUT2D eigenvalue weighted by atomic mass is 35.5. The molecule has 4 atom stereocenters. The first kappa shape index (κ1) is 20.6. The van der Waals surface area contributed by atoms with E-state index in [0.29, 0.717) is 0 Å². The van der Waals surface area contributed by atoms with E-state index < -0.39 is 21.9 Å². The first-order chi connectivity index (χ1) is 12.9. The van der Waals surface area contributed by atoms with Crippen molar-refractivity contribution >= 4 is 28.7 Å². The Hall–Kier alpha value is -2.15. The molecule has 0 aromatic heterocycles. The maximum atomic E-state index is 12.6. The molecule has 3 rings (SSSR count). The smallest absolute Gasteiger partial charge is 0.404 e. The lowest BCUT2D eigenvalue weighted by Crippen LogP contribution is -2.51. The summed E-state index contributed by atoms with van der Waals surface area (Å²) in [5.41, 5.74) is -2.28. The molecule has 2 aliphatic carbocycles. The molecular formula is C20H24ClNO6. The monoisotopic (exact) mass is 409 g/mol. The number of nitro benzene ring substituents is 1. The lowest BCUT2D eigenvalue weighted by molar-refractivity contribution is -0.384. The van der Waals surface area contributed by atoms with E-state index in [1.807, 2.05) is 6.92 Å². The maximum absolute atomic E-state index is 12.6. The SMILES string of the molecule is CC1(C)C2CC[C@@]1(C)[C@](C)(OC(=O)Cl)[C@H]2CC(=O)Oc1ccc([N+](=O)[O-])cc1. The number of esters is 1. The van der Waals surface area contributed by atoms with Gasteiger partial charge in [0.05, 0.1) is 11.3 Å². The molecule has 0 saturated heterocycles. The molecular weight excluding hydrogens is 386 g/mol. The number of benzene rings is 1. The van der Waals surface area contributed by atoms with Crippen LogP contribution < -0.4 is 4.74 Å². The van der Waals surface area contributed by atoms with Gasteiger partial charge in [0.15, 0.2) is 0 Å². The Balaban J connectivity index is 1.80. The minimum Gasteiger partial charge on any atom is -0.446 e. The highest BCUT2D eigenvalue weighted by molar-refractivity contribution is 6.61. The van der Waals surface area contributed by atoms with Gasteiger partial charge in [-0.3, -0.25) is 14.9 Å². The Morgan fingerprint density at radius 3 is 2.36 bits per heavy atom. The van der Waals surface area contributed by atoms with Gasteiger partial charge in [0, 0.05) is 35.1 Å². The van der Waals surface area contributed by atoms with Crippen molar-refractivity contribution in [2.75, 3.05) is 0 Å². The molecule has 152 valence electrons. The number of ether oxygens (including phenoxy) is 2. The van der Waals surface area contributed by atoms with E-state index in [2.05, 4.69) is 20.8 Å². The van der Waals surface area contributed by atoms with E-state index in [0.717, 1.165) is 12.8 Å². The highest BCUT2D eigenvalue weighted by Crippen LogP contribution is 2.73. The second-order valence-electron chi connectivity index (χ2n) is 8.68. The molecule has 0 N–H and O–H groups in total. The average Bonchev–Trinajstić information content (AvgIpc) is 2.88. The van der Waals surface area contributed by atoms with Crippen molar-refractivity contribution in [3.63, 3.8) is 0 Å². The minimum absolute atomic E-state index is 0.0708. The number of hydrogen-bond acceptors (Lipinski definition) is 6. The summed E-state index contributed by atoms with van der Waals surface area (Å²) in [4.78, 5) is 34.5. The van der Waals surface area contributed by atoms with Crippen LogP contribution in [0.5, 0.6) is 5.75 Å². The molecule has 28 heavy (non-hydrogen) atoms. The lowest BCUT2D eigenvalue weighted by Gasteiger charge is -2.47. The van der Waals surface area contributed by atoms with Gasteiger partial charge in [0.1, 0.15) is 11.4 Å². The molecule has 8 heteroatoms. The summed E-state index contributed by atoms with van der Waals surface area (Å²) in [5, 5.41) is 10.7. The Labute approximate surface area is 168 Å². The fourth-order valence-corrected chi connectivity index (χ4v) is 5.76. The molecule has 2 saturated carbocycles. The molecule has 1 aromatic rings. The molecule has 1 aromatic carbocycles. The molecule has 2 aliphatic rings. The van der Waals surface area contributed by atoms with Crippen molar-refractivity contribution in [1.82, 2.24) is 0 Å². The average molecular weight is 410 g/mol. The Kier molecular flexibility index (Phi) is 4.94. The third-order valence-corrected chi connectivity index (χ3v) is 7.63. The number of fused-ring (bicyclic) bond motifs is 2. The van der Waals surface area contributed by atoms with Crippen LogP contribution in [-0.4, -0.2) is 21.9 Å². The van der Waals surface area contributed by atoms with Crippen LogP contribution in [0.25, 0.3) is 0 Å². The van der Waals surface area contributed by atoms with Gasteiger partial charge in [-0.15, -0.1) is 0 Å². The zero-order valence-electron chi connectivity index (χ0n) is 16.4. The van der Waals surface area contributed by atoms with Crippen molar-refractivity contribution < 1.29 is 24.0 Å². The molecule has 2 fully saturated rings. The van der Waals surface area contributed by atoms with E-state index in [1.54, 1.807) is 0 Å². The molecule has 0 heterocycles. The maximum Gasteiger partial charge on any atom is 0.404 e. The van der Waals surface area contributed by atoms with Crippen molar-refractivity contribution in [3.8, 4) is 5.75 Å². The van der Waals surface area contributed by atoms with E-state index in [9.17, 15) is 19.7 Å². The van der Waals surface area contributed by atoms with Crippen LogP contribution in [-0.2, 0) is 9.53 Å². The van der Waals surface area contributed by atoms with Gasteiger partial charge in [0.2, 0.25) is 0 Å². The molecule has 0 amide bonds. The summed E-state index contributed by atoms with van der Waals surface area (Å²) in [5.74, 6) is -0.277. The summed E-state index contributed by atoms with van der Waals surface area (Å²) in [6.07, 6.45) is 1.90. The zero-order chi connectivity index (χ0) is 20.9. The van der Waals surface area contributed by atoms with Gasteiger partial charge in [-0.2, -0.15) is 0 Å². The van der Waals surface area contributed by atoms with E-state index in [1.165, 1.54) is 24.3 Å². The summed E-state index contributed by atoms with van der Waals surface area (Å²) < 4.78 is 11.0. The normalized spacial score (nSPS) is 32.8. The fraction of sp³-hybridized carbons (Fsp3) is 0.600. The van der Waals surface area contributed by atoms with Gasteiger partial charge >= 0.3 is 11.4 Å². The number of nitrogens with zero attached hydrogens (tertiary/aromatic N) is 1. The van der Waals surface area contributed by atoms with Crippen molar-refractivity contribution in [2.24, 2.45) is 22.7 Å². The van der Waals surface area contributed by atoms with Crippen LogP contribution >= 0.6 is 11.6 Å². The first-order valence-corrected chi connectivity index (χ1v) is 9.64. The van der Waals surface area contributed by atoms with E-state index in [4.69, 9.17) is 21.1 Å².